The van der Waals surface area contributed by atoms with Gasteiger partial charge in [0.2, 0.25) is 5.91 Å². The molecular formula is C22H20FN9O. The standard InChI is InChI=1S/C22H20FN9O/c23-16-5-9-18(10-6-16)32-22(25)19(13-24)20(28-32)2-1-11-26-21(33)12-15-3-7-17(8-4-15)31-14-27-29-30-31/h3-10,14H,1-2,11-12,25H2,(H,26,33). The van der Waals surface area contributed by atoms with Crippen LogP contribution in [0.2, 0.25) is 0 Å². The number of nitrogens with zero attached hydrogens (tertiary/aromatic N) is 7. The van der Waals surface area contributed by atoms with Crippen LogP contribution in [0.15, 0.2) is 54.9 Å². The molecule has 0 atom stereocenters. The van der Waals surface area contributed by atoms with E-state index < -0.39 is 0 Å². The van der Waals surface area contributed by atoms with E-state index in [2.05, 4.69) is 32.0 Å². The molecule has 11 heteroatoms. The second-order valence-electron chi connectivity index (χ2n) is 7.26. The van der Waals surface area contributed by atoms with Gasteiger partial charge in [-0.25, -0.2) is 13.8 Å². The molecule has 0 saturated heterocycles. The molecule has 33 heavy (non-hydrogen) atoms. The van der Waals surface area contributed by atoms with Crippen LogP contribution in [0.1, 0.15) is 23.2 Å². The van der Waals surface area contributed by atoms with Gasteiger partial charge in [-0.05, 0) is 65.2 Å². The number of halogens is 1. The summed E-state index contributed by atoms with van der Waals surface area (Å²) in [5.41, 5.74) is 9.12. The van der Waals surface area contributed by atoms with Crippen molar-refractivity contribution < 1.29 is 9.18 Å². The number of amides is 1. The van der Waals surface area contributed by atoms with E-state index in [1.165, 1.54) is 27.8 Å². The number of aryl methyl sites for hydroxylation is 1. The number of carbonyl (C=O) groups excluding carboxylic acids is 1. The molecule has 0 aliphatic carbocycles. The summed E-state index contributed by atoms with van der Waals surface area (Å²) < 4.78 is 16.1. The topological polar surface area (TPSA) is 140 Å². The maximum atomic E-state index is 13.2. The van der Waals surface area contributed by atoms with Gasteiger partial charge in [-0.1, -0.05) is 12.1 Å². The lowest BCUT2D eigenvalue weighted by molar-refractivity contribution is -0.120. The zero-order valence-corrected chi connectivity index (χ0v) is 17.5. The molecule has 1 amide bonds. The zero-order chi connectivity index (χ0) is 23.2. The van der Waals surface area contributed by atoms with Crippen molar-refractivity contribution >= 4 is 11.7 Å². The summed E-state index contributed by atoms with van der Waals surface area (Å²) in [5, 5.41) is 27.8. The van der Waals surface area contributed by atoms with Gasteiger partial charge in [-0.3, -0.25) is 4.79 Å². The number of nitriles is 1. The minimum Gasteiger partial charge on any atom is -0.382 e. The predicted molar refractivity (Wildman–Crippen MR) is 117 cm³/mol. The number of tetrazole rings is 1. The van der Waals surface area contributed by atoms with Crippen LogP contribution >= 0.6 is 0 Å². The zero-order valence-electron chi connectivity index (χ0n) is 17.5. The number of nitrogens with one attached hydrogen (secondary N) is 1. The summed E-state index contributed by atoms with van der Waals surface area (Å²) in [6, 6.07) is 15.1. The Morgan fingerprint density at radius 1 is 1.12 bits per heavy atom. The molecule has 4 aromatic rings. The summed E-state index contributed by atoms with van der Waals surface area (Å²) in [6.07, 6.45) is 2.78. The molecule has 3 N–H and O–H groups in total. The smallest absolute Gasteiger partial charge is 0.224 e. The van der Waals surface area contributed by atoms with E-state index in [1.807, 2.05) is 24.3 Å². The Bertz CT molecular complexity index is 1270. The van der Waals surface area contributed by atoms with Crippen molar-refractivity contribution in [3.05, 3.63) is 77.5 Å². The van der Waals surface area contributed by atoms with Crippen molar-refractivity contribution in [1.82, 2.24) is 35.3 Å². The number of nitrogen functional groups attached to an aromatic ring is 1. The molecule has 0 spiro atoms. The highest BCUT2D eigenvalue weighted by Crippen LogP contribution is 2.21. The largest absolute Gasteiger partial charge is 0.382 e. The van der Waals surface area contributed by atoms with Crippen LogP contribution in [0.5, 0.6) is 0 Å². The second-order valence-corrected chi connectivity index (χ2v) is 7.26. The van der Waals surface area contributed by atoms with E-state index in [4.69, 9.17) is 5.73 Å². The molecule has 2 heterocycles. The van der Waals surface area contributed by atoms with Crippen molar-refractivity contribution in [2.75, 3.05) is 12.3 Å². The van der Waals surface area contributed by atoms with Gasteiger partial charge in [0, 0.05) is 6.54 Å². The van der Waals surface area contributed by atoms with Crippen LogP contribution in [-0.2, 0) is 17.6 Å². The molecule has 0 aliphatic heterocycles. The SMILES string of the molecule is N#Cc1c(CCCNC(=O)Cc2ccc(-n3cnnn3)cc2)nn(-c2ccc(F)cc2)c1N. The second kappa shape index (κ2) is 9.69. The Kier molecular flexibility index (Phi) is 6.36. The van der Waals surface area contributed by atoms with Crippen molar-refractivity contribution in [3.63, 3.8) is 0 Å². The first-order valence-electron chi connectivity index (χ1n) is 10.2. The first-order chi connectivity index (χ1) is 16.0. The molecule has 2 aromatic heterocycles. The van der Waals surface area contributed by atoms with E-state index in [-0.39, 0.29) is 29.5 Å². The third-order valence-corrected chi connectivity index (χ3v) is 5.00. The molecule has 0 radical (unpaired) electrons. The minimum atomic E-state index is -0.371. The third-order valence-electron chi connectivity index (χ3n) is 5.00. The molecule has 166 valence electrons. The van der Waals surface area contributed by atoms with E-state index in [1.54, 1.807) is 12.1 Å². The van der Waals surface area contributed by atoms with Crippen LogP contribution < -0.4 is 11.1 Å². The molecular weight excluding hydrogens is 425 g/mol. The Hall–Kier alpha value is -4.59. The molecule has 0 unspecified atom stereocenters. The Morgan fingerprint density at radius 3 is 2.52 bits per heavy atom. The minimum absolute atomic E-state index is 0.109. The molecule has 2 aromatic carbocycles. The maximum Gasteiger partial charge on any atom is 0.224 e. The molecule has 0 saturated carbocycles. The third kappa shape index (κ3) is 5.01. The van der Waals surface area contributed by atoms with Gasteiger partial charge in [0.05, 0.1) is 23.5 Å². The first kappa shape index (κ1) is 21.6. The fraction of sp³-hybridized carbons (Fsp3) is 0.182. The molecule has 10 nitrogen and oxygen atoms in total. The fourth-order valence-corrected chi connectivity index (χ4v) is 3.33. The van der Waals surface area contributed by atoms with Crippen LogP contribution in [-0.4, -0.2) is 42.4 Å². The highest BCUT2D eigenvalue weighted by molar-refractivity contribution is 5.78. The van der Waals surface area contributed by atoms with Gasteiger partial charge in [0.25, 0.3) is 0 Å². The number of carbonyl (C=O) groups is 1. The number of benzene rings is 2. The van der Waals surface area contributed by atoms with Gasteiger partial charge < -0.3 is 11.1 Å². The average Bonchev–Trinajstić information content (AvgIpc) is 3.46. The van der Waals surface area contributed by atoms with E-state index in [9.17, 15) is 14.4 Å². The summed E-state index contributed by atoms with van der Waals surface area (Å²) in [6.45, 7) is 0.426. The van der Waals surface area contributed by atoms with E-state index in [0.29, 0.717) is 30.8 Å². The number of hydrogen-bond donors (Lipinski definition) is 2. The van der Waals surface area contributed by atoms with Gasteiger partial charge in [-0.15, -0.1) is 5.10 Å². The van der Waals surface area contributed by atoms with Crippen molar-refractivity contribution in [2.45, 2.75) is 19.3 Å². The highest BCUT2D eigenvalue weighted by atomic mass is 19.1. The summed E-state index contributed by atoms with van der Waals surface area (Å²) >= 11 is 0. The number of anilines is 1. The number of nitrogens with two attached hydrogens (primary N) is 1. The van der Waals surface area contributed by atoms with E-state index in [0.717, 1.165) is 11.3 Å². The normalized spacial score (nSPS) is 10.7. The van der Waals surface area contributed by atoms with Crippen LogP contribution in [0.4, 0.5) is 10.2 Å². The van der Waals surface area contributed by atoms with Gasteiger partial charge in [0.1, 0.15) is 29.6 Å². The Morgan fingerprint density at radius 2 is 1.85 bits per heavy atom. The number of aromatic nitrogens is 6. The monoisotopic (exact) mass is 445 g/mol. The summed E-state index contributed by atoms with van der Waals surface area (Å²) in [7, 11) is 0. The van der Waals surface area contributed by atoms with Crippen molar-refractivity contribution in [3.8, 4) is 17.4 Å². The first-order valence-corrected chi connectivity index (χ1v) is 10.2. The Labute approximate surface area is 188 Å². The number of rotatable bonds is 8. The number of hydrogen-bond acceptors (Lipinski definition) is 7. The molecule has 4 rings (SSSR count). The van der Waals surface area contributed by atoms with E-state index >= 15 is 0 Å². The summed E-state index contributed by atoms with van der Waals surface area (Å²) in [4.78, 5) is 12.3. The van der Waals surface area contributed by atoms with Crippen LogP contribution in [0, 0.1) is 17.1 Å². The lowest BCUT2D eigenvalue weighted by atomic mass is 10.1. The quantitative estimate of drug-likeness (QED) is 0.394. The van der Waals surface area contributed by atoms with Gasteiger partial charge in [-0.2, -0.15) is 10.4 Å². The summed E-state index contributed by atoms with van der Waals surface area (Å²) in [5.74, 6) is -0.278. The molecule has 0 fully saturated rings. The fourth-order valence-electron chi connectivity index (χ4n) is 3.33. The Balaban J connectivity index is 1.30. The average molecular weight is 445 g/mol. The predicted octanol–water partition coefficient (Wildman–Crippen LogP) is 1.73. The van der Waals surface area contributed by atoms with Gasteiger partial charge >= 0.3 is 0 Å². The van der Waals surface area contributed by atoms with Crippen LogP contribution in [0.3, 0.4) is 0 Å². The molecule has 0 aliphatic rings. The van der Waals surface area contributed by atoms with Gasteiger partial charge in [0.15, 0.2) is 0 Å². The highest BCUT2D eigenvalue weighted by Gasteiger charge is 2.16. The molecule has 0 bridgehead atoms. The lowest BCUT2D eigenvalue weighted by Crippen LogP contribution is -2.26. The van der Waals surface area contributed by atoms with Crippen LogP contribution in [0.25, 0.3) is 11.4 Å². The van der Waals surface area contributed by atoms with Crippen molar-refractivity contribution in [1.29, 1.82) is 5.26 Å². The lowest BCUT2D eigenvalue weighted by Gasteiger charge is -2.06. The van der Waals surface area contributed by atoms with Crippen molar-refractivity contribution in [2.24, 2.45) is 0 Å². The maximum absolute atomic E-state index is 13.2.